The van der Waals surface area contributed by atoms with Crippen LogP contribution in [0.2, 0.25) is 0 Å². The molecule has 33 heavy (non-hydrogen) atoms. The van der Waals surface area contributed by atoms with Crippen molar-refractivity contribution in [3.05, 3.63) is 118 Å². The van der Waals surface area contributed by atoms with E-state index in [0.717, 1.165) is 24.0 Å². The van der Waals surface area contributed by atoms with Crippen LogP contribution in [0.3, 0.4) is 0 Å². The normalized spacial score (nSPS) is 12.7. The maximum Gasteiger partial charge on any atom is 0.335 e. The molecule has 2 aliphatic carbocycles. The molecule has 0 bridgehead atoms. The Morgan fingerprint density at radius 1 is 0.636 bits per heavy atom. The Balaban J connectivity index is 0.000000139. The lowest BCUT2D eigenvalue weighted by molar-refractivity contribution is 0.0696. The smallest absolute Gasteiger partial charge is 0.335 e. The number of hydrogen-bond donors (Lipinski definition) is 1. The molecule has 2 heteroatoms. The lowest BCUT2D eigenvalue weighted by Gasteiger charge is -2.22. The standard InChI is InChI=1S/C17H18.C14H10O2/c1-17(2,3)16-10-6-9-14-13-8-5-4-7-12(13)11-15(14)16;15-14(16)12-7-3-6-11-10-5-2-1-4-9(10)8-13(11)12/h4-10H,11H2,1-3H3;1-7H,8H2,(H,15,16). The first-order valence-corrected chi connectivity index (χ1v) is 11.5. The predicted molar refractivity (Wildman–Crippen MR) is 135 cm³/mol. The number of aromatic carboxylic acids is 1. The maximum atomic E-state index is 11.1. The van der Waals surface area contributed by atoms with Crippen molar-refractivity contribution in [2.45, 2.75) is 39.0 Å². The molecule has 0 unspecified atom stereocenters. The van der Waals surface area contributed by atoms with Gasteiger partial charge in [-0.15, -0.1) is 0 Å². The lowest BCUT2D eigenvalue weighted by atomic mass is 9.82. The number of carboxylic acids is 1. The van der Waals surface area contributed by atoms with Gasteiger partial charge in [-0.25, -0.2) is 4.79 Å². The van der Waals surface area contributed by atoms with Crippen LogP contribution in [0.5, 0.6) is 0 Å². The Labute approximate surface area is 195 Å². The zero-order valence-corrected chi connectivity index (χ0v) is 19.4. The second kappa shape index (κ2) is 8.04. The fraction of sp³-hybridized carbons (Fsp3) is 0.194. The van der Waals surface area contributed by atoms with Crippen LogP contribution >= 0.6 is 0 Å². The topological polar surface area (TPSA) is 37.3 Å². The highest BCUT2D eigenvalue weighted by Gasteiger charge is 2.25. The molecule has 2 nitrogen and oxygen atoms in total. The zero-order valence-electron chi connectivity index (χ0n) is 19.4. The molecule has 0 spiro atoms. The van der Waals surface area contributed by atoms with Crippen LogP contribution < -0.4 is 0 Å². The number of benzene rings is 4. The Bertz CT molecular complexity index is 1370. The molecule has 0 fully saturated rings. The van der Waals surface area contributed by atoms with E-state index in [1.165, 1.54) is 38.9 Å². The van der Waals surface area contributed by atoms with Gasteiger partial charge in [-0.2, -0.15) is 0 Å². The van der Waals surface area contributed by atoms with Crippen LogP contribution in [0, 0.1) is 0 Å². The first-order valence-electron chi connectivity index (χ1n) is 11.5. The first-order chi connectivity index (χ1) is 15.8. The quantitative estimate of drug-likeness (QED) is 0.292. The third-order valence-electron chi connectivity index (χ3n) is 6.74. The molecule has 164 valence electrons. The average molecular weight is 433 g/mol. The molecule has 0 saturated heterocycles. The highest BCUT2D eigenvalue weighted by Crippen LogP contribution is 2.41. The molecule has 0 amide bonds. The van der Waals surface area contributed by atoms with Gasteiger partial charge < -0.3 is 5.11 Å². The molecule has 0 aliphatic heterocycles. The fourth-order valence-electron chi connectivity index (χ4n) is 5.22. The van der Waals surface area contributed by atoms with Gasteiger partial charge in [-0.3, -0.25) is 0 Å². The van der Waals surface area contributed by atoms with Gasteiger partial charge in [0.25, 0.3) is 0 Å². The molecule has 6 rings (SSSR count). The third kappa shape index (κ3) is 3.76. The average Bonchev–Trinajstić information content (AvgIpc) is 3.37. The van der Waals surface area contributed by atoms with Crippen molar-refractivity contribution in [1.82, 2.24) is 0 Å². The number of fused-ring (bicyclic) bond motifs is 6. The van der Waals surface area contributed by atoms with Crippen LogP contribution in [-0.2, 0) is 18.3 Å². The first kappa shape index (κ1) is 21.2. The van der Waals surface area contributed by atoms with Crippen molar-refractivity contribution in [1.29, 1.82) is 0 Å². The summed E-state index contributed by atoms with van der Waals surface area (Å²) in [6.45, 7) is 6.89. The SMILES string of the molecule is CC(C)(C)c1cccc2c1Cc1ccccc1-2.O=C(O)c1cccc2c1Cc1ccccc1-2. The highest BCUT2D eigenvalue weighted by molar-refractivity contribution is 5.94. The number of hydrogen-bond acceptors (Lipinski definition) is 1. The number of carboxylic acid groups (broad SMARTS) is 1. The van der Waals surface area contributed by atoms with Gasteiger partial charge in [0.15, 0.2) is 0 Å². The highest BCUT2D eigenvalue weighted by atomic mass is 16.4. The Kier molecular flexibility index (Phi) is 5.17. The molecule has 4 aromatic rings. The number of carbonyl (C=O) groups is 1. The summed E-state index contributed by atoms with van der Waals surface area (Å²) in [6, 6.07) is 29.1. The van der Waals surface area contributed by atoms with Crippen molar-refractivity contribution in [3.63, 3.8) is 0 Å². The molecular weight excluding hydrogens is 404 g/mol. The molecule has 1 N–H and O–H groups in total. The third-order valence-corrected chi connectivity index (χ3v) is 6.74. The van der Waals surface area contributed by atoms with Crippen molar-refractivity contribution >= 4 is 5.97 Å². The minimum absolute atomic E-state index is 0.230. The summed E-state index contributed by atoms with van der Waals surface area (Å²) in [6.07, 6.45) is 1.83. The minimum Gasteiger partial charge on any atom is -0.478 e. The molecular formula is C31H28O2. The van der Waals surface area contributed by atoms with Crippen LogP contribution in [0.4, 0.5) is 0 Å². The monoisotopic (exact) mass is 432 g/mol. The van der Waals surface area contributed by atoms with Gasteiger partial charge in [0, 0.05) is 0 Å². The summed E-state index contributed by atoms with van der Waals surface area (Å²) < 4.78 is 0. The molecule has 4 aromatic carbocycles. The molecule has 0 saturated carbocycles. The van der Waals surface area contributed by atoms with E-state index in [2.05, 4.69) is 69.3 Å². The van der Waals surface area contributed by atoms with Crippen LogP contribution in [-0.4, -0.2) is 11.1 Å². The van der Waals surface area contributed by atoms with E-state index in [4.69, 9.17) is 5.11 Å². The van der Waals surface area contributed by atoms with Crippen LogP contribution in [0.1, 0.15) is 58.9 Å². The van der Waals surface area contributed by atoms with E-state index in [-0.39, 0.29) is 5.41 Å². The number of rotatable bonds is 1. The summed E-state index contributed by atoms with van der Waals surface area (Å²) >= 11 is 0. The second-order valence-electron chi connectivity index (χ2n) is 9.89. The molecule has 0 radical (unpaired) electrons. The molecule has 0 atom stereocenters. The Hall–Kier alpha value is -3.65. The summed E-state index contributed by atoms with van der Waals surface area (Å²) in [4.78, 5) is 11.1. The maximum absolute atomic E-state index is 11.1. The van der Waals surface area contributed by atoms with Gasteiger partial charge in [-0.1, -0.05) is 99.6 Å². The summed E-state index contributed by atoms with van der Waals surface area (Å²) in [5, 5.41) is 9.13. The van der Waals surface area contributed by atoms with Gasteiger partial charge in [0.2, 0.25) is 0 Å². The van der Waals surface area contributed by atoms with Gasteiger partial charge >= 0.3 is 5.97 Å². The molecule has 0 aromatic heterocycles. The fourth-order valence-corrected chi connectivity index (χ4v) is 5.22. The predicted octanol–water partition coefficient (Wildman–Crippen LogP) is 7.51. The van der Waals surface area contributed by atoms with Crippen molar-refractivity contribution in [2.24, 2.45) is 0 Å². The summed E-state index contributed by atoms with van der Waals surface area (Å²) in [5.41, 5.74) is 12.4. The Morgan fingerprint density at radius 3 is 1.70 bits per heavy atom. The van der Waals surface area contributed by atoms with Crippen molar-refractivity contribution in [3.8, 4) is 22.3 Å². The summed E-state index contributed by atoms with van der Waals surface area (Å²) in [7, 11) is 0. The van der Waals surface area contributed by atoms with E-state index in [9.17, 15) is 4.79 Å². The largest absolute Gasteiger partial charge is 0.478 e. The van der Waals surface area contributed by atoms with E-state index in [0.29, 0.717) is 5.56 Å². The lowest BCUT2D eigenvalue weighted by Crippen LogP contribution is -2.13. The minimum atomic E-state index is -0.843. The van der Waals surface area contributed by atoms with E-state index < -0.39 is 5.97 Å². The molecule has 0 heterocycles. The van der Waals surface area contributed by atoms with Gasteiger partial charge in [0.05, 0.1) is 5.56 Å². The van der Waals surface area contributed by atoms with Crippen molar-refractivity contribution in [2.75, 3.05) is 0 Å². The second-order valence-corrected chi connectivity index (χ2v) is 9.89. The van der Waals surface area contributed by atoms with Crippen LogP contribution in [0.25, 0.3) is 22.3 Å². The summed E-state index contributed by atoms with van der Waals surface area (Å²) in [5.74, 6) is -0.843. The van der Waals surface area contributed by atoms with E-state index in [1.54, 1.807) is 6.07 Å². The molecule has 2 aliphatic rings. The van der Waals surface area contributed by atoms with Gasteiger partial charge in [-0.05, 0) is 74.4 Å². The van der Waals surface area contributed by atoms with Crippen LogP contribution in [0.15, 0.2) is 84.9 Å². The Morgan fingerprint density at radius 2 is 1.12 bits per heavy atom. The van der Waals surface area contributed by atoms with Gasteiger partial charge in [0.1, 0.15) is 0 Å². The zero-order chi connectivity index (χ0) is 23.2. The van der Waals surface area contributed by atoms with Crippen molar-refractivity contribution < 1.29 is 9.90 Å². The van der Waals surface area contributed by atoms with E-state index >= 15 is 0 Å². The van der Waals surface area contributed by atoms with E-state index in [1.807, 2.05) is 30.3 Å².